The summed E-state index contributed by atoms with van der Waals surface area (Å²) in [5.74, 6) is -0.590. The van der Waals surface area contributed by atoms with Crippen LogP contribution in [-0.4, -0.2) is 15.7 Å². The number of benzene rings is 3. The minimum atomic E-state index is -4.46. The van der Waals surface area contributed by atoms with E-state index in [1.165, 1.54) is 30.3 Å². The molecular formula is C26H18F3N3O2S. The number of nitriles is 1. The fourth-order valence-electron chi connectivity index (χ4n) is 3.39. The van der Waals surface area contributed by atoms with E-state index in [-0.39, 0.29) is 12.2 Å². The van der Waals surface area contributed by atoms with Crippen molar-refractivity contribution in [2.75, 3.05) is 0 Å². The summed E-state index contributed by atoms with van der Waals surface area (Å²) >= 11 is 1.11. The molecule has 0 saturated carbocycles. The first-order chi connectivity index (χ1) is 16.8. The molecule has 0 radical (unpaired) electrons. The molecule has 0 aliphatic carbocycles. The quantitative estimate of drug-likeness (QED) is 0.287. The van der Waals surface area contributed by atoms with Crippen LogP contribution in [0.5, 0.6) is 0 Å². The number of halogens is 3. The maximum atomic E-state index is 13.2. The number of carbonyl (C=O) groups excluding carboxylic acids is 1. The summed E-state index contributed by atoms with van der Waals surface area (Å²) < 4.78 is 46.7. The van der Waals surface area contributed by atoms with Gasteiger partial charge in [-0.25, -0.2) is 4.79 Å². The van der Waals surface area contributed by atoms with Gasteiger partial charge in [-0.05, 0) is 42.5 Å². The molecule has 0 atom stereocenters. The van der Waals surface area contributed by atoms with Gasteiger partial charge < -0.3 is 4.74 Å². The number of rotatable bonds is 6. The predicted molar refractivity (Wildman–Crippen MR) is 124 cm³/mol. The van der Waals surface area contributed by atoms with Crippen LogP contribution in [0.4, 0.5) is 13.2 Å². The molecule has 0 amide bonds. The Labute approximate surface area is 203 Å². The smallest absolute Gasteiger partial charge is 0.416 e. The number of alkyl halides is 3. The Kier molecular flexibility index (Phi) is 6.94. The van der Waals surface area contributed by atoms with Crippen LogP contribution in [-0.2, 0) is 24.6 Å². The molecule has 1 aromatic heterocycles. The van der Waals surface area contributed by atoms with Crippen molar-refractivity contribution < 1.29 is 22.7 Å². The first kappa shape index (κ1) is 24.1. The third kappa shape index (κ3) is 5.55. The first-order valence-electron chi connectivity index (χ1n) is 10.4. The standard InChI is InChI=1S/C26H18F3N3O2S/c1-32-24(35-21-9-5-8-20(14-21)26(27,28)29)22(23(31-32)18-6-3-2-4-7-18)16-34-25(33)19-12-10-17(15-30)11-13-19/h2-14H,16H2,1H3. The second-order valence-electron chi connectivity index (χ2n) is 7.51. The lowest BCUT2D eigenvalue weighted by Gasteiger charge is -2.11. The summed E-state index contributed by atoms with van der Waals surface area (Å²) in [6.07, 6.45) is -4.46. The second-order valence-corrected chi connectivity index (χ2v) is 8.58. The largest absolute Gasteiger partial charge is 0.457 e. The van der Waals surface area contributed by atoms with E-state index in [0.717, 1.165) is 29.5 Å². The molecule has 176 valence electrons. The minimum Gasteiger partial charge on any atom is -0.457 e. The molecule has 0 N–H and O–H groups in total. The van der Waals surface area contributed by atoms with E-state index in [0.29, 0.717) is 26.7 Å². The van der Waals surface area contributed by atoms with Crippen molar-refractivity contribution in [3.05, 3.63) is 101 Å². The Morgan fingerprint density at radius 3 is 2.43 bits per heavy atom. The van der Waals surface area contributed by atoms with Gasteiger partial charge in [0.25, 0.3) is 0 Å². The molecule has 35 heavy (non-hydrogen) atoms. The number of hydrogen-bond acceptors (Lipinski definition) is 5. The zero-order valence-electron chi connectivity index (χ0n) is 18.4. The summed E-state index contributed by atoms with van der Waals surface area (Å²) in [5.41, 5.74) is 1.87. The number of hydrogen-bond donors (Lipinski definition) is 0. The van der Waals surface area contributed by atoms with E-state index >= 15 is 0 Å². The fourth-order valence-corrected chi connectivity index (χ4v) is 4.40. The van der Waals surface area contributed by atoms with Gasteiger partial charge in [0.1, 0.15) is 17.3 Å². The van der Waals surface area contributed by atoms with Gasteiger partial charge in [0.05, 0.1) is 22.8 Å². The maximum absolute atomic E-state index is 13.2. The molecule has 9 heteroatoms. The molecular weight excluding hydrogens is 475 g/mol. The van der Waals surface area contributed by atoms with Gasteiger partial charge in [-0.2, -0.15) is 23.5 Å². The third-order valence-electron chi connectivity index (χ3n) is 5.11. The Bertz CT molecular complexity index is 1390. The molecule has 3 aromatic carbocycles. The SMILES string of the molecule is Cn1nc(-c2ccccc2)c(COC(=O)c2ccc(C#N)cc2)c1Sc1cccc(C(F)(F)F)c1. The van der Waals surface area contributed by atoms with Crippen LogP contribution >= 0.6 is 11.8 Å². The summed E-state index contributed by atoms with van der Waals surface area (Å²) in [4.78, 5) is 13.0. The third-order valence-corrected chi connectivity index (χ3v) is 6.30. The molecule has 0 saturated heterocycles. The molecule has 4 rings (SSSR count). The predicted octanol–water partition coefficient (Wildman–Crippen LogP) is 6.49. The topological polar surface area (TPSA) is 67.9 Å². The Balaban J connectivity index is 1.67. The number of nitrogens with zero attached hydrogens (tertiary/aromatic N) is 3. The number of aryl methyl sites for hydroxylation is 1. The fraction of sp³-hybridized carbons (Fsp3) is 0.115. The Hall–Kier alpha value is -4.03. The van der Waals surface area contributed by atoms with E-state index < -0.39 is 17.7 Å². The summed E-state index contributed by atoms with van der Waals surface area (Å²) in [6, 6.07) is 22.3. The van der Waals surface area contributed by atoms with Gasteiger partial charge in [-0.1, -0.05) is 48.2 Å². The minimum absolute atomic E-state index is 0.141. The molecule has 0 bridgehead atoms. The van der Waals surface area contributed by atoms with E-state index in [2.05, 4.69) is 5.10 Å². The molecule has 0 spiro atoms. The zero-order chi connectivity index (χ0) is 25.0. The first-order valence-corrected chi connectivity index (χ1v) is 11.2. The van der Waals surface area contributed by atoms with E-state index in [1.54, 1.807) is 17.8 Å². The van der Waals surface area contributed by atoms with Crippen molar-refractivity contribution in [1.82, 2.24) is 9.78 Å². The number of esters is 1. The average Bonchev–Trinajstić information content (AvgIpc) is 3.17. The van der Waals surface area contributed by atoms with Crippen LogP contribution in [0.3, 0.4) is 0 Å². The highest BCUT2D eigenvalue weighted by molar-refractivity contribution is 7.99. The molecule has 0 aliphatic rings. The lowest BCUT2D eigenvalue weighted by Crippen LogP contribution is -2.06. The van der Waals surface area contributed by atoms with Gasteiger partial charge in [0, 0.05) is 23.1 Å². The van der Waals surface area contributed by atoms with E-state index in [1.807, 2.05) is 36.4 Å². The highest BCUT2D eigenvalue weighted by atomic mass is 32.2. The van der Waals surface area contributed by atoms with Gasteiger partial charge in [-0.15, -0.1) is 0 Å². The van der Waals surface area contributed by atoms with Crippen molar-refractivity contribution in [1.29, 1.82) is 5.26 Å². The highest BCUT2D eigenvalue weighted by Crippen LogP contribution is 2.38. The molecule has 0 unspecified atom stereocenters. The summed E-state index contributed by atoms with van der Waals surface area (Å²) in [6.45, 7) is -0.141. The second kappa shape index (κ2) is 10.1. The van der Waals surface area contributed by atoms with Crippen molar-refractivity contribution in [3.63, 3.8) is 0 Å². The Morgan fingerprint density at radius 2 is 1.77 bits per heavy atom. The number of carbonyl (C=O) groups is 1. The van der Waals surface area contributed by atoms with Crippen LogP contribution in [0.2, 0.25) is 0 Å². The van der Waals surface area contributed by atoms with Crippen molar-refractivity contribution in [2.45, 2.75) is 22.7 Å². The van der Waals surface area contributed by atoms with Crippen molar-refractivity contribution in [3.8, 4) is 17.3 Å². The van der Waals surface area contributed by atoms with Gasteiger partial charge in [0.2, 0.25) is 0 Å². The van der Waals surface area contributed by atoms with Gasteiger partial charge in [-0.3, -0.25) is 4.68 Å². The highest BCUT2D eigenvalue weighted by Gasteiger charge is 2.30. The van der Waals surface area contributed by atoms with Crippen molar-refractivity contribution in [2.24, 2.45) is 7.05 Å². The number of ether oxygens (including phenoxy) is 1. The number of aromatic nitrogens is 2. The zero-order valence-corrected chi connectivity index (χ0v) is 19.2. The van der Waals surface area contributed by atoms with Crippen LogP contribution in [0.25, 0.3) is 11.3 Å². The Morgan fingerprint density at radius 1 is 1.06 bits per heavy atom. The van der Waals surface area contributed by atoms with E-state index in [4.69, 9.17) is 10.00 Å². The lowest BCUT2D eigenvalue weighted by molar-refractivity contribution is -0.137. The molecule has 4 aromatic rings. The van der Waals surface area contributed by atoms with Crippen LogP contribution in [0.15, 0.2) is 88.8 Å². The van der Waals surface area contributed by atoms with Crippen LogP contribution < -0.4 is 0 Å². The lowest BCUT2D eigenvalue weighted by atomic mass is 10.1. The molecule has 0 aliphatic heterocycles. The van der Waals surface area contributed by atoms with Crippen LogP contribution in [0.1, 0.15) is 27.0 Å². The van der Waals surface area contributed by atoms with Crippen LogP contribution in [0, 0.1) is 11.3 Å². The molecule has 1 heterocycles. The van der Waals surface area contributed by atoms with Gasteiger partial charge >= 0.3 is 12.1 Å². The maximum Gasteiger partial charge on any atom is 0.416 e. The monoisotopic (exact) mass is 493 g/mol. The normalized spacial score (nSPS) is 11.2. The summed E-state index contributed by atoms with van der Waals surface area (Å²) in [5, 5.41) is 14.1. The summed E-state index contributed by atoms with van der Waals surface area (Å²) in [7, 11) is 1.69. The van der Waals surface area contributed by atoms with E-state index in [9.17, 15) is 18.0 Å². The van der Waals surface area contributed by atoms with Gasteiger partial charge in [0.15, 0.2) is 0 Å². The van der Waals surface area contributed by atoms with Crippen molar-refractivity contribution >= 4 is 17.7 Å². The molecule has 0 fully saturated rings. The average molecular weight is 494 g/mol. The molecule has 5 nitrogen and oxygen atoms in total.